The Morgan fingerprint density at radius 2 is 2.18 bits per heavy atom. The first kappa shape index (κ1) is 11.5. The Morgan fingerprint density at radius 1 is 1.35 bits per heavy atom. The zero-order chi connectivity index (χ0) is 11.8. The maximum absolute atomic E-state index is 12.1. The Hall–Kier alpha value is -0.610. The average Bonchev–Trinajstić information content (AvgIpc) is 2.95. The van der Waals surface area contributed by atoms with E-state index in [0.717, 1.165) is 26.1 Å². The maximum Gasteiger partial charge on any atom is 0.239 e. The van der Waals surface area contributed by atoms with Crippen molar-refractivity contribution >= 4 is 5.91 Å². The lowest BCUT2D eigenvalue weighted by Crippen LogP contribution is -2.47. The van der Waals surface area contributed by atoms with E-state index < -0.39 is 0 Å². The molecule has 3 rings (SSSR count). The predicted octanol–water partition coefficient (Wildman–Crippen LogP) is 0.433. The fourth-order valence-corrected chi connectivity index (χ4v) is 3.22. The van der Waals surface area contributed by atoms with Crippen LogP contribution >= 0.6 is 0 Å². The first-order valence-electron chi connectivity index (χ1n) is 7.00. The fraction of sp³-hybridized carbons (Fsp3) is 0.923. The van der Waals surface area contributed by atoms with E-state index in [-0.39, 0.29) is 6.04 Å². The molecule has 1 aliphatic carbocycles. The molecule has 17 heavy (non-hydrogen) atoms. The van der Waals surface area contributed by atoms with E-state index in [1.165, 1.54) is 25.7 Å². The molecule has 4 heteroatoms. The summed E-state index contributed by atoms with van der Waals surface area (Å²) in [5.74, 6) is 0.342. The Kier molecular flexibility index (Phi) is 3.09. The summed E-state index contributed by atoms with van der Waals surface area (Å²) in [6.45, 7) is 3.17. The monoisotopic (exact) mass is 237 g/mol. The van der Waals surface area contributed by atoms with E-state index in [1.807, 2.05) is 11.9 Å². The second kappa shape index (κ2) is 4.58. The van der Waals surface area contributed by atoms with Crippen molar-refractivity contribution in [3.05, 3.63) is 0 Å². The van der Waals surface area contributed by atoms with E-state index in [2.05, 4.69) is 10.2 Å². The molecule has 4 nitrogen and oxygen atoms in total. The van der Waals surface area contributed by atoms with E-state index in [9.17, 15) is 4.79 Å². The van der Waals surface area contributed by atoms with Gasteiger partial charge in [-0.2, -0.15) is 0 Å². The van der Waals surface area contributed by atoms with Gasteiger partial charge < -0.3 is 10.2 Å². The van der Waals surface area contributed by atoms with Gasteiger partial charge in [-0.1, -0.05) is 0 Å². The number of likely N-dealkylation sites (N-methyl/N-ethyl adjacent to an activating group) is 1. The molecule has 2 atom stereocenters. The molecule has 1 N–H and O–H groups in total. The van der Waals surface area contributed by atoms with Gasteiger partial charge in [0.2, 0.25) is 5.91 Å². The largest absolute Gasteiger partial charge is 0.344 e. The molecule has 2 heterocycles. The zero-order valence-corrected chi connectivity index (χ0v) is 10.7. The van der Waals surface area contributed by atoms with Crippen LogP contribution in [0, 0.1) is 0 Å². The van der Waals surface area contributed by atoms with Gasteiger partial charge >= 0.3 is 0 Å². The summed E-state index contributed by atoms with van der Waals surface area (Å²) in [7, 11) is 1.93. The van der Waals surface area contributed by atoms with Crippen molar-refractivity contribution in [2.24, 2.45) is 0 Å². The van der Waals surface area contributed by atoms with Gasteiger partial charge in [-0.3, -0.25) is 9.69 Å². The molecule has 0 aromatic carbocycles. The minimum absolute atomic E-state index is 0.176. The highest BCUT2D eigenvalue weighted by Gasteiger charge is 2.42. The van der Waals surface area contributed by atoms with Crippen LogP contribution in [0.2, 0.25) is 0 Å². The van der Waals surface area contributed by atoms with Gasteiger partial charge in [0.05, 0.1) is 6.04 Å². The molecule has 0 spiro atoms. The Morgan fingerprint density at radius 3 is 2.71 bits per heavy atom. The lowest BCUT2D eigenvalue weighted by Gasteiger charge is -2.30. The molecule has 3 fully saturated rings. The number of hydrogen-bond acceptors (Lipinski definition) is 3. The molecular formula is C13H23N3O. The average molecular weight is 237 g/mol. The van der Waals surface area contributed by atoms with E-state index in [1.54, 1.807) is 0 Å². The highest BCUT2D eigenvalue weighted by atomic mass is 16.2. The Labute approximate surface area is 103 Å². The molecule has 0 aromatic heterocycles. The van der Waals surface area contributed by atoms with Crippen LogP contribution in [-0.2, 0) is 4.79 Å². The molecule has 2 aliphatic heterocycles. The van der Waals surface area contributed by atoms with Crippen molar-refractivity contribution in [3.63, 3.8) is 0 Å². The lowest BCUT2D eigenvalue weighted by atomic mass is 10.1. The van der Waals surface area contributed by atoms with Crippen LogP contribution in [-0.4, -0.2) is 60.5 Å². The van der Waals surface area contributed by atoms with Gasteiger partial charge in [0.15, 0.2) is 0 Å². The number of carbonyl (C=O) groups is 1. The number of hydrogen-bond donors (Lipinski definition) is 1. The number of likely N-dealkylation sites (tertiary alicyclic amines) is 1. The molecule has 0 aromatic rings. The number of nitrogens with zero attached hydrogens (tertiary/aromatic N) is 2. The van der Waals surface area contributed by atoms with Gasteiger partial charge in [0.25, 0.3) is 0 Å². The van der Waals surface area contributed by atoms with Crippen LogP contribution in [0.5, 0.6) is 0 Å². The molecule has 0 bridgehead atoms. The fourth-order valence-electron chi connectivity index (χ4n) is 3.22. The third-order valence-electron chi connectivity index (χ3n) is 4.41. The van der Waals surface area contributed by atoms with Gasteiger partial charge in [0.1, 0.15) is 0 Å². The summed E-state index contributed by atoms with van der Waals surface area (Å²) < 4.78 is 0. The summed E-state index contributed by atoms with van der Waals surface area (Å²) in [5.41, 5.74) is 0. The van der Waals surface area contributed by atoms with Gasteiger partial charge in [0, 0.05) is 32.2 Å². The summed E-state index contributed by atoms with van der Waals surface area (Å²) in [6, 6.07) is 1.49. The smallest absolute Gasteiger partial charge is 0.239 e. The van der Waals surface area contributed by atoms with Crippen molar-refractivity contribution in [1.29, 1.82) is 0 Å². The van der Waals surface area contributed by atoms with Crippen LogP contribution in [0.4, 0.5) is 0 Å². The van der Waals surface area contributed by atoms with Crippen molar-refractivity contribution in [1.82, 2.24) is 15.1 Å². The second-order valence-corrected chi connectivity index (χ2v) is 5.79. The van der Waals surface area contributed by atoms with Crippen LogP contribution in [0.15, 0.2) is 0 Å². The molecule has 3 aliphatic rings. The lowest BCUT2D eigenvalue weighted by molar-refractivity contribution is -0.131. The topological polar surface area (TPSA) is 35.6 Å². The number of carbonyl (C=O) groups excluding carboxylic acids is 1. The van der Waals surface area contributed by atoms with Crippen LogP contribution in [0.3, 0.4) is 0 Å². The number of amides is 1. The number of rotatable bonds is 4. The number of nitrogens with one attached hydrogen (secondary N) is 1. The molecule has 96 valence electrons. The second-order valence-electron chi connectivity index (χ2n) is 5.79. The molecule has 1 amide bonds. The molecular weight excluding hydrogens is 214 g/mol. The first-order valence-corrected chi connectivity index (χ1v) is 7.00. The molecule has 2 saturated heterocycles. The Balaban J connectivity index is 1.65. The van der Waals surface area contributed by atoms with Gasteiger partial charge in [-0.05, 0) is 38.6 Å². The standard InChI is InChI=1S/C13H23N3O/c1-15-8-6-12(13(15)17)16(11-4-5-11)9-10-3-2-7-14-10/h10-12,14H,2-9H2,1H3. The van der Waals surface area contributed by atoms with Crippen molar-refractivity contribution < 1.29 is 4.79 Å². The van der Waals surface area contributed by atoms with E-state index in [0.29, 0.717) is 18.0 Å². The van der Waals surface area contributed by atoms with Crippen LogP contribution in [0.25, 0.3) is 0 Å². The van der Waals surface area contributed by atoms with Crippen molar-refractivity contribution in [2.45, 2.75) is 50.2 Å². The molecule has 2 unspecified atom stereocenters. The summed E-state index contributed by atoms with van der Waals surface area (Å²) in [4.78, 5) is 16.5. The summed E-state index contributed by atoms with van der Waals surface area (Å²) in [6.07, 6.45) is 6.18. The van der Waals surface area contributed by atoms with E-state index in [4.69, 9.17) is 0 Å². The van der Waals surface area contributed by atoms with Gasteiger partial charge in [-0.25, -0.2) is 0 Å². The van der Waals surface area contributed by atoms with Crippen molar-refractivity contribution in [2.75, 3.05) is 26.7 Å². The van der Waals surface area contributed by atoms with Crippen molar-refractivity contribution in [3.8, 4) is 0 Å². The highest BCUT2D eigenvalue weighted by molar-refractivity contribution is 5.83. The minimum atomic E-state index is 0.176. The third-order valence-corrected chi connectivity index (χ3v) is 4.41. The summed E-state index contributed by atoms with van der Waals surface area (Å²) in [5, 5.41) is 3.55. The SMILES string of the molecule is CN1CCC(N(CC2CCCN2)C2CC2)C1=O. The van der Waals surface area contributed by atoms with Crippen LogP contribution < -0.4 is 5.32 Å². The third kappa shape index (κ3) is 2.33. The predicted molar refractivity (Wildman–Crippen MR) is 66.8 cm³/mol. The Bertz CT molecular complexity index is 297. The highest BCUT2D eigenvalue weighted by Crippen LogP contribution is 2.32. The van der Waals surface area contributed by atoms with E-state index >= 15 is 0 Å². The maximum atomic E-state index is 12.1. The first-order chi connectivity index (χ1) is 8.25. The molecule has 0 radical (unpaired) electrons. The van der Waals surface area contributed by atoms with Crippen LogP contribution in [0.1, 0.15) is 32.1 Å². The molecule has 1 saturated carbocycles. The quantitative estimate of drug-likeness (QED) is 0.770. The summed E-state index contributed by atoms with van der Waals surface area (Å²) >= 11 is 0. The minimum Gasteiger partial charge on any atom is -0.344 e. The zero-order valence-electron chi connectivity index (χ0n) is 10.7. The normalized spacial score (nSPS) is 34.0. The van der Waals surface area contributed by atoms with Gasteiger partial charge in [-0.15, -0.1) is 0 Å².